The number of halogens is 1. The van der Waals surface area contributed by atoms with E-state index in [1.807, 2.05) is 30.3 Å². The molecule has 24 heavy (non-hydrogen) atoms. The molecule has 1 N–H and O–H groups in total. The monoisotopic (exact) mass is 347 g/mol. The Labute approximate surface area is 145 Å². The van der Waals surface area contributed by atoms with Crippen molar-refractivity contribution >= 4 is 23.5 Å². The summed E-state index contributed by atoms with van der Waals surface area (Å²) in [6, 6.07) is 14.3. The Morgan fingerprint density at radius 1 is 1.17 bits per heavy atom. The topological polar surface area (TPSA) is 66.8 Å². The molecule has 0 aromatic heterocycles. The predicted octanol–water partition coefficient (Wildman–Crippen LogP) is 3.00. The molecule has 2 aromatic carbocycles. The van der Waals surface area contributed by atoms with Gasteiger partial charge in [-0.3, -0.25) is 9.59 Å². The average Bonchev–Trinajstić information content (AvgIpc) is 2.56. The van der Waals surface area contributed by atoms with Crippen LogP contribution in [0, 0.1) is 0 Å². The lowest BCUT2D eigenvalue weighted by Crippen LogP contribution is -2.36. The fraction of sp³-hybridized carbons (Fsp3) is 0.222. The van der Waals surface area contributed by atoms with Gasteiger partial charge >= 0.3 is 5.97 Å². The van der Waals surface area contributed by atoms with E-state index in [4.69, 9.17) is 21.4 Å². The largest absolute Gasteiger partial charge is 0.497 e. The van der Waals surface area contributed by atoms with Gasteiger partial charge in [-0.15, -0.1) is 0 Å². The van der Waals surface area contributed by atoms with Gasteiger partial charge in [0.2, 0.25) is 5.91 Å². The van der Waals surface area contributed by atoms with Gasteiger partial charge in [0.05, 0.1) is 13.5 Å². The Balaban J connectivity index is 2.14. The highest BCUT2D eigenvalue weighted by Gasteiger charge is 2.18. The molecule has 0 aliphatic heterocycles. The number of nitrogens with zero attached hydrogens (tertiary/aromatic N) is 1. The first-order valence-corrected chi connectivity index (χ1v) is 7.73. The smallest absolute Gasteiger partial charge is 0.323 e. The van der Waals surface area contributed by atoms with Crippen LogP contribution in [0.5, 0.6) is 5.75 Å². The molecular formula is C18H18ClNO4. The van der Waals surface area contributed by atoms with E-state index in [1.165, 1.54) is 12.0 Å². The Kier molecular flexibility index (Phi) is 6.21. The van der Waals surface area contributed by atoms with Crippen molar-refractivity contribution in [1.82, 2.24) is 4.90 Å². The van der Waals surface area contributed by atoms with Crippen LogP contribution < -0.4 is 4.74 Å². The van der Waals surface area contributed by atoms with Gasteiger partial charge in [-0.25, -0.2) is 0 Å². The number of carboxylic acid groups (broad SMARTS) is 1. The molecule has 0 aliphatic rings. The van der Waals surface area contributed by atoms with E-state index < -0.39 is 5.97 Å². The molecule has 0 saturated carbocycles. The molecule has 0 atom stereocenters. The standard InChI is InChI=1S/C18H18ClNO4/c1-24-15-8-7-14(16(19)10-15)9-17(21)20(12-18(22)23)11-13-5-3-2-4-6-13/h2-8,10H,9,11-12H2,1H3,(H,22,23). The van der Waals surface area contributed by atoms with Crippen LogP contribution in [0.3, 0.4) is 0 Å². The average molecular weight is 348 g/mol. The highest BCUT2D eigenvalue weighted by Crippen LogP contribution is 2.23. The molecule has 5 nitrogen and oxygen atoms in total. The lowest BCUT2D eigenvalue weighted by Gasteiger charge is -2.21. The van der Waals surface area contributed by atoms with Crippen LogP contribution in [-0.4, -0.2) is 35.5 Å². The van der Waals surface area contributed by atoms with Gasteiger partial charge in [-0.05, 0) is 23.3 Å². The van der Waals surface area contributed by atoms with Crippen molar-refractivity contribution in [3.05, 3.63) is 64.7 Å². The number of ether oxygens (including phenoxy) is 1. The lowest BCUT2D eigenvalue weighted by atomic mass is 10.1. The highest BCUT2D eigenvalue weighted by molar-refractivity contribution is 6.31. The second kappa shape index (κ2) is 8.36. The van der Waals surface area contributed by atoms with Crippen LogP contribution in [0.2, 0.25) is 5.02 Å². The fourth-order valence-electron chi connectivity index (χ4n) is 2.27. The van der Waals surface area contributed by atoms with Crippen molar-refractivity contribution in [3.8, 4) is 5.75 Å². The summed E-state index contributed by atoms with van der Waals surface area (Å²) in [4.78, 5) is 24.9. The van der Waals surface area contributed by atoms with Crippen molar-refractivity contribution in [3.63, 3.8) is 0 Å². The molecule has 2 aromatic rings. The first-order chi connectivity index (χ1) is 11.5. The summed E-state index contributed by atoms with van der Waals surface area (Å²) in [5.41, 5.74) is 1.50. The van der Waals surface area contributed by atoms with Gasteiger partial charge in [0, 0.05) is 11.6 Å². The van der Waals surface area contributed by atoms with Gasteiger partial charge < -0.3 is 14.7 Å². The molecule has 0 radical (unpaired) electrons. The molecule has 0 heterocycles. The van der Waals surface area contributed by atoms with E-state index in [2.05, 4.69) is 0 Å². The SMILES string of the molecule is COc1ccc(CC(=O)N(CC(=O)O)Cc2ccccc2)c(Cl)c1. The van der Waals surface area contributed by atoms with Gasteiger partial charge in [0.1, 0.15) is 12.3 Å². The Morgan fingerprint density at radius 3 is 2.46 bits per heavy atom. The van der Waals surface area contributed by atoms with Crippen LogP contribution in [0.15, 0.2) is 48.5 Å². The van der Waals surface area contributed by atoms with Crippen molar-refractivity contribution < 1.29 is 19.4 Å². The summed E-state index contributed by atoms with van der Waals surface area (Å²) >= 11 is 6.16. The van der Waals surface area contributed by atoms with E-state index in [0.717, 1.165) is 5.56 Å². The summed E-state index contributed by atoms with van der Waals surface area (Å²) in [6.07, 6.45) is 0.0307. The Morgan fingerprint density at radius 2 is 1.88 bits per heavy atom. The summed E-state index contributed by atoms with van der Waals surface area (Å²) in [6.45, 7) is -0.124. The minimum absolute atomic E-state index is 0.0307. The van der Waals surface area contributed by atoms with Crippen LogP contribution in [0.25, 0.3) is 0 Å². The van der Waals surface area contributed by atoms with E-state index in [0.29, 0.717) is 16.3 Å². The summed E-state index contributed by atoms with van der Waals surface area (Å²) in [5, 5.41) is 9.48. The third kappa shape index (κ3) is 4.99. The molecule has 0 aliphatic carbocycles. The summed E-state index contributed by atoms with van der Waals surface area (Å²) < 4.78 is 5.08. The quantitative estimate of drug-likeness (QED) is 0.836. The molecule has 1 amide bonds. The van der Waals surface area contributed by atoms with Crippen LogP contribution in [-0.2, 0) is 22.6 Å². The number of carbonyl (C=O) groups excluding carboxylic acids is 1. The third-order valence-electron chi connectivity index (χ3n) is 3.50. The number of hydrogen-bond donors (Lipinski definition) is 1. The molecule has 2 rings (SSSR count). The van der Waals surface area contributed by atoms with Crippen LogP contribution in [0.4, 0.5) is 0 Å². The van der Waals surface area contributed by atoms with Crippen molar-refractivity contribution in [2.45, 2.75) is 13.0 Å². The second-order valence-corrected chi connectivity index (χ2v) is 5.67. The number of hydrogen-bond acceptors (Lipinski definition) is 3. The minimum Gasteiger partial charge on any atom is -0.497 e. The van der Waals surface area contributed by atoms with E-state index in [9.17, 15) is 9.59 Å². The van der Waals surface area contributed by atoms with Gasteiger partial charge in [-0.1, -0.05) is 48.0 Å². The number of rotatable bonds is 7. The van der Waals surface area contributed by atoms with E-state index in [-0.39, 0.29) is 25.4 Å². The van der Waals surface area contributed by atoms with Crippen LogP contribution >= 0.6 is 11.6 Å². The maximum atomic E-state index is 12.5. The van der Waals surface area contributed by atoms with Gasteiger partial charge in [-0.2, -0.15) is 0 Å². The Hall–Kier alpha value is -2.53. The minimum atomic E-state index is -1.06. The highest BCUT2D eigenvalue weighted by atomic mass is 35.5. The Bertz CT molecular complexity index is 718. The maximum Gasteiger partial charge on any atom is 0.323 e. The first kappa shape index (κ1) is 17.8. The van der Waals surface area contributed by atoms with Crippen molar-refractivity contribution in [2.75, 3.05) is 13.7 Å². The molecule has 0 saturated heterocycles. The van der Waals surface area contributed by atoms with Gasteiger partial charge in [0.25, 0.3) is 0 Å². The molecular weight excluding hydrogens is 330 g/mol. The normalized spacial score (nSPS) is 10.2. The van der Waals surface area contributed by atoms with Crippen molar-refractivity contribution in [1.29, 1.82) is 0 Å². The van der Waals surface area contributed by atoms with E-state index >= 15 is 0 Å². The maximum absolute atomic E-state index is 12.5. The number of aliphatic carboxylic acids is 1. The summed E-state index contributed by atoms with van der Waals surface area (Å²) in [7, 11) is 1.53. The van der Waals surface area contributed by atoms with Gasteiger partial charge in [0.15, 0.2) is 0 Å². The molecule has 126 valence electrons. The second-order valence-electron chi connectivity index (χ2n) is 5.26. The molecule has 0 fully saturated rings. The number of carbonyl (C=O) groups is 2. The van der Waals surface area contributed by atoms with E-state index in [1.54, 1.807) is 18.2 Å². The molecule has 0 unspecified atom stereocenters. The van der Waals surface area contributed by atoms with Crippen LogP contribution in [0.1, 0.15) is 11.1 Å². The zero-order valence-electron chi connectivity index (χ0n) is 13.2. The zero-order valence-corrected chi connectivity index (χ0v) is 14.0. The number of carboxylic acids is 1. The molecule has 0 bridgehead atoms. The summed E-state index contributed by atoms with van der Waals surface area (Å²) in [5.74, 6) is -0.753. The predicted molar refractivity (Wildman–Crippen MR) is 91.2 cm³/mol. The number of amides is 1. The lowest BCUT2D eigenvalue weighted by molar-refractivity contribution is -0.144. The third-order valence-corrected chi connectivity index (χ3v) is 3.85. The zero-order chi connectivity index (χ0) is 17.5. The molecule has 6 heteroatoms. The first-order valence-electron chi connectivity index (χ1n) is 7.35. The van der Waals surface area contributed by atoms with Crippen molar-refractivity contribution in [2.24, 2.45) is 0 Å². The fourth-order valence-corrected chi connectivity index (χ4v) is 2.51. The molecule has 0 spiro atoms. The number of methoxy groups -OCH3 is 1. The number of benzene rings is 2.